The number of hydrogen-bond acceptors (Lipinski definition) is 5. The summed E-state index contributed by atoms with van der Waals surface area (Å²) in [7, 11) is -3.72. The van der Waals surface area contributed by atoms with Crippen LogP contribution in [0.1, 0.15) is 12.5 Å². The van der Waals surface area contributed by atoms with Crippen LogP contribution in [0.3, 0.4) is 0 Å². The van der Waals surface area contributed by atoms with Crippen LogP contribution in [0.5, 0.6) is 0 Å². The molecule has 2 rings (SSSR count). The first kappa shape index (κ1) is 19.4. The number of benzene rings is 2. The van der Waals surface area contributed by atoms with Crippen molar-refractivity contribution >= 4 is 33.0 Å². The number of amides is 1. The Labute approximate surface area is 151 Å². The van der Waals surface area contributed by atoms with Gasteiger partial charge in [-0.3, -0.25) is 19.2 Å². The molecule has 0 fully saturated rings. The molecule has 1 atom stereocenters. The Morgan fingerprint density at radius 3 is 2.35 bits per heavy atom. The predicted octanol–water partition coefficient (Wildman–Crippen LogP) is 2.70. The van der Waals surface area contributed by atoms with Gasteiger partial charge in [-0.15, -0.1) is 0 Å². The molecule has 2 aromatic carbocycles. The molecule has 2 aromatic rings. The quantitative estimate of drug-likeness (QED) is 0.615. The van der Waals surface area contributed by atoms with Crippen LogP contribution in [-0.2, 0) is 14.8 Å². The average Bonchev–Trinajstić information content (AvgIpc) is 2.55. The van der Waals surface area contributed by atoms with E-state index in [1.807, 2.05) is 6.92 Å². The fourth-order valence-corrected chi connectivity index (χ4v) is 3.62. The average molecular weight is 377 g/mol. The molecule has 138 valence electrons. The summed E-state index contributed by atoms with van der Waals surface area (Å²) >= 11 is 0. The normalized spacial score (nSPS) is 12.3. The molecule has 0 heterocycles. The van der Waals surface area contributed by atoms with Crippen molar-refractivity contribution in [1.82, 2.24) is 0 Å². The highest BCUT2D eigenvalue weighted by molar-refractivity contribution is 7.92. The fourth-order valence-electron chi connectivity index (χ4n) is 2.44. The zero-order chi connectivity index (χ0) is 19.5. The molecule has 0 saturated carbocycles. The number of rotatable bonds is 6. The Morgan fingerprint density at radius 1 is 1.19 bits per heavy atom. The van der Waals surface area contributed by atoms with Gasteiger partial charge in [0, 0.05) is 17.8 Å². The summed E-state index contributed by atoms with van der Waals surface area (Å²) in [6.45, 7) is 3.32. The van der Waals surface area contributed by atoms with Gasteiger partial charge >= 0.3 is 0 Å². The monoisotopic (exact) mass is 377 g/mol. The van der Waals surface area contributed by atoms with Gasteiger partial charge in [-0.05, 0) is 32.0 Å². The van der Waals surface area contributed by atoms with Crippen LogP contribution in [0.15, 0.2) is 48.5 Å². The molecule has 9 heteroatoms. The molecule has 0 aliphatic rings. The molecule has 1 amide bonds. The molecule has 8 nitrogen and oxygen atoms in total. The third-order valence-electron chi connectivity index (χ3n) is 3.70. The second-order valence-corrected chi connectivity index (χ2v) is 7.73. The Morgan fingerprint density at radius 2 is 1.81 bits per heavy atom. The summed E-state index contributed by atoms with van der Waals surface area (Å²) in [5.74, 6) is -0.600. The zero-order valence-corrected chi connectivity index (χ0v) is 15.4. The van der Waals surface area contributed by atoms with Gasteiger partial charge in [0.05, 0.1) is 16.9 Å². The van der Waals surface area contributed by atoms with Gasteiger partial charge in [0.1, 0.15) is 6.04 Å². The summed E-state index contributed by atoms with van der Waals surface area (Å²) in [4.78, 5) is 22.8. The van der Waals surface area contributed by atoms with E-state index in [1.54, 1.807) is 24.3 Å². The van der Waals surface area contributed by atoms with Crippen LogP contribution < -0.4 is 9.62 Å². The van der Waals surface area contributed by atoms with E-state index in [4.69, 9.17) is 0 Å². The molecular weight excluding hydrogens is 358 g/mol. The smallest absolute Gasteiger partial charge is 0.271 e. The number of sulfonamides is 1. The Kier molecular flexibility index (Phi) is 5.61. The van der Waals surface area contributed by atoms with E-state index in [9.17, 15) is 23.3 Å². The highest BCUT2D eigenvalue weighted by Crippen LogP contribution is 2.23. The number of nitrogens with one attached hydrogen (secondary N) is 1. The number of hydrogen-bond donors (Lipinski definition) is 1. The van der Waals surface area contributed by atoms with E-state index < -0.39 is 26.9 Å². The Bertz CT molecular complexity index is 926. The van der Waals surface area contributed by atoms with Crippen LogP contribution in [0.25, 0.3) is 0 Å². The Balaban J connectivity index is 2.29. The summed E-state index contributed by atoms with van der Waals surface area (Å²) in [5, 5.41) is 13.4. The molecule has 1 N–H and O–H groups in total. The van der Waals surface area contributed by atoms with Crippen molar-refractivity contribution in [2.45, 2.75) is 19.9 Å². The zero-order valence-electron chi connectivity index (χ0n) is 14.5. The number of carbonyl (C=O) groups excluding carboxylic acids is 1. The minimum Gasteiger partial charge on any atom is -0.324 e. The lowest BCUT2D eigenvalue weighted by Crippen LogP contribution is -2.45. The second-order valence-electron chi connectivity index (χ2n) is 5.87. The van der Waals surface area contributed by atoms with Gasteiger partial charge in [-0.1, -0.05) is 23.8 Å². The summed E-state index contributed by atoms with van der Waals surface area (Å²) in [6, 6.07) is 11.1. The van der Waals surface area contributed by atoms with Crippen molar-refractivity contribution in [3.05, 3.63) is 64.2 Å². The van der Waals surface area contributed by atoms with Gasteiger partial charge in [0.15, 0.2) is 0 Å². The van der Waals surface area contributed by atoms with Gasteiger partial charge in [0.2, 0.25) is 15.9 Å². The van der Waals surface area contributed by atoms with Crippen molar-refractivity contribution in [2.24, 2.45) is 0 Å². The maximum atomic E-state index is 12.5. The predicted molar refractivity (Wildman–Crippen MR) is 99.7 cm³/mol. The van der Waals surface area contributed by atoms with E-state index in [2.05, 4.69) is 5.32 Å². The van der Waals surface area contributed by atoms with E-state index in [1.165, 1.54) is 31.2 Å². The first-order valence-corrected chi connectivity index (χ1v) is 9.56. The molecule has 0 spiro atoms. The van der Waals surface area contributed by atoms with Gasteiger partial charge in [0.25, 0.3) is 5.69 Å². The second kappa shape index (κ2) is 7.52. The number of nitro benzene ring substituents is 1. The third-order valence-corrected chi connectivity index (χ3v) is 4.94. The van der Waals surface area contributed by atoms with Crippen LogP contribution in [0.4, 0.5) is 17.1 Å². The van der Waals surface area contributed by atoms with Crippen LogP contribution in [0.2, 0.25) is 0 Å². The molecule has 0 aromatic heterocycles. The van der Waals surface area contributed by atoms with Crippen LogP contribution >= 0.6 is 0 Å². The van der Waals surface area contributed by atoms with E-state index in [-0.39, 0.29) is 11.4 Å². The third kappa shape index (κ3) is 4.57. The van der Waals surface area contributed by atoms with Gasteiger partial charge in [-0.2, -0.15) is 0 Å². The van der Waals surface area contributed by atoms with Crippen molar-refractivity contribution in [2.75, 3.05) is 15.9 Å². The number of nitrogens with zero attached hydrogens (tertiary/aromatic N) is 2. The molecule has 0 bridgehead atoms. The van der Waals surface area contributed by atoms with Crippen LogP contribution in [-0.4, -0.2) is 31.5 Å². The first-order valence-electron chi connectivity index (χ1n) is 7.71. The molecule has 0 unspecified atom stereocenters. The van der Waals surface area contributed by atoms with Crippen molar-refractivity contribution in [3.8, 4) is 0 Å². The summed E-state index contributed by atoms with van der Waals surface area (Å²) < 4.78 is 25.4. The minimum atomic E-state index is -3.72. The maximum Gasteiger partial charge on any atom is 0.271 e. The van der Waals surface area contributed by atoms with Gasteiger partial charge in [-0.25, -0.2) is 8.42 Å². The Hall–Kier alpha value is -2.94. The SMILES string of the molecule is Cc1ccc(N([C@H](C)C(=O)Nc2cccc([N+](=O)[O-])c2)S(C)(=O)=O)cc1. The fraction of sp³-hybridized carbons (Fsp3) is 0.235. The maximum absolute atomic E-state index is 12.5. The lowest BCUT2D eigenvalue weighted by molar-refractivity contribution is -0.384. The first-order chi connectivity index (χ1) is 12.1. The summed E-state index contributed by atoms with van der Waals surface area (Å²) in [5.41, 5.74) is 1.36. The van der Waals surface area contributed by atoms with E-state index in [0.717, 1.165) is 16.1 Å². The molecule has 0 radical (unpaired) electrons. The number of anilines is 2. The number of nitro groups is 1. The highest BCUT2D eigenvalue weighted by atomic mass is 32.2. The standard InChI is InChI=1S/C17H19N3O5S/c1-12-7-9-15(10-8-12)19(26(3,24)25)13(2)17(21)18-14-5-4-6-16(11-14)20(22)23/h4-11,13H,1-3H3,(H,18,21)/t13-/m1/s1. The topological polar surface area (TPSA) is 110 Å². The molecule has 0 saturated heterocycles. The molecule has 26 heavy (non-hydrogen) atoms. The van der Waals surface area contributed by atoms with Crippen LogP contribution in [0, 0.1) is 17.0 Å². The number of non-ortho nitro benzene ring substituents is 1. The van der Waals surface area contributed by atoms with Crippen molar-refractivity contribution < 1.29 is 18.1 Å². The molecular formula is C17H19N3O5S. The lowest BCUT2D eigenvalue weighted by Gasteiger charge is -2.28. The van der Waals surface area contributed by atoms with E-state index >= 15 is 0 Å². The largest absolute Gasteiger partial charge is 0.324 e. The van der Waals surface area contributed by atoms with Gasteiger partial charge < -0.3 is 5.32 Å². The highest BCUT2D eigenvalue weighted by Gasteiger charge is 2.29. The van der Waals surface area contributed by atoms with Crippen molar-refractivity contribution in [3.63, 3.8) is 0 Å². The molecule has 0 aliphatic carbocycles. The van der Waals surface area contributed by atoms with E-state index in [0.29, 0.717) is 5.69 Å². The summed E-state index contributed by atoms with van der Waals surface area (Å²) in [6.07, 6.45) is 1.02. The molecule has 0 aliphatic heterocycles. The number of aryl methyl sites for hydroxylation is 1. The van der Waals surface area contributed by atoms with Crippen molar-refractivity contribution in [1.29, 1.82) is 0 Å². The lowest BCUT2D eigenvalue weighted by atomic mass is 10.2. The minimum absolute atomic E-state index is 0.172. The number of carbonyl (C=O) groups is 1.